The van der Waals surface area contributed by atoms with Gasteiger partial charge in [-0.3, -0.25) is 38.7 Å². The third-order valence-corrected chi connectivity index (χ3v) is 9.18. The maximum Gasteiger partial charge on any atom is 0.289 e. The number of rotatable bonds is 10. The zero-order chi connectivity index (χ0) is 38.1. The van der Waals surface area contributed by atoms with E-state index in [-0.39, 0.29) is 65.5 Å². The highest BCUT2D eigenvalue weighted by Gasteiger charge is 2.40. The van der Waals surface area contributed by atoms with Crippen LogP contribution in [0.4, 0.5) is 5.69 Å². The molecule has 2 atom stereocenters. The molecule has 4 aromatic rings. The van der Waals surface area contributed by atoms with Gasteiger partial charge in [0.2, 0.25) is 23.5 Å². The number of phenolic OH excluding ortho intramolecular Hbond substituents is 2. The summed E-state index contributed by atoms with van der Waals surface area (Å²) < 4.78 is 1.43. The number of phenols is 2. The summed E-state index contributed by atoms with van der Waals surface area (Å²) in [7, 11) is 0. The van der Waals surface area contributed by atoms with E-state index in [0.29, 0.717) is 34.6 Å². The molecule has 2 aliphatic rings. The first-order valence-corrected chi connectivity index (χ1v) is 17.1. The molecule has 6 N–H and O–H groups in total. The van der Waals surface area contributed by atoms with Crippen LogP contribution in [0, 0.1) is 0 Å². The van der Waals surface area contributed by atoms with Gasteiger partial charge in [0.15, 0.2) is 5.82 Å². The third-order valence-electron chi connectivity index (χ3n) is 9.18. The number of nitrogens with one attached hydrogen (secondary N) is 4. The van der Waals surface area contributed by atoms with Gasteiger partial charge >= 0.3 is 0 Å². The number of fused-ring (bicyclic) bond motifs is 1. The van der Waals surface area contributed by atoms with E-state index in [2.05, 4.69) is 31.5 Å². The van der Waals surface area contributed by atoms with E-state index in [1.807, 2.05) is 13.8 Å². The van der Waals surface area contributed by atoms with E-state index in [1.165, 1.54) is 34.6 Å². The van der Waals surface area contributed by atoms with Crippen molar-refractivity contribution in [2.75, 3.05) is 11.9 Å². The Hall–Kier alpha value is -6.58. The highest BCUT2D eigenvalue weighted by atomic mass is 16.3. The Morgan fingerprint density at radius 3 is 2.36 bits per heavy atom. The number of anilines is 1. The zero-order valence-electron chi connectivity index (χ0n) is 29.4. The second kappa shape index (κ2) is 14.6. The minimum atomic E-state index is -1.01. The van der Waals surface area contributed by atoms with Crippen LogP contribution in [0.3, 0.4) is 0 Å². The van der Waals surface area contributed by atoms with Crippen molar-refractivity contribution in [3.8, 4) is 28.6 Å². The summed E-state index contributed by atoms with van der Waals surface area (Å²) in [5.41, 5.74) is 2.58. The number of benzene rings is 3. The minimum absolute atomic E-state index is 0.0607. The molecule has 1 aromatic heterocycles. The molecule has 6 rings (SSSR count). The molecular formula is C37H38N8O8. The molecule has 1 fully saturated rings. The van der Waals surface area contributed by atoms with Crippen molar-refractivity contribution in [2.45, 2.75) is 65.1 Å². The number of piperidine rings is 1. The lowest BCUT2D eigenvalue weighted by atomic mass is 9.98. The summed E-state index contributed by atoms with van der Waals surface area (Å²) in [6, 6.07) is 11.9. The largest absolute Gasteiger partial charge is 0.508 e. The Labute approximate surface area is 303 Å². The third kappa shape index (κ3) is 7.02. The first-order chi connectivity index (χ1) is 25.3. The number of carbonyl (C=O) groups excluding carboxylic acids is 6. The lowest BCUT2D eigenvalue weighted by Gasteiger charge is -2.29. The van der Waals surface area contributed by atoms with Crippen LogP contribution in [0.2, 0.25) is 0 Å². The van der Waals surface area contributed by atoms with Gasteiger partial charge < -0.3 is 31.1 Å². The summed E-state index contributed by atoms with van der Waals surface area (Å²) in [6.07, 6.45) is 0.315. The Bertz CT molecular complexity index is 2160. The van der Waals surface area contributed by atoms with Gasteiger partial charge in [0, 0.05) is 53.6 Å². The smallest absolute Gasteiger partial charge is 0.289 e. The molecule has 16 heteroatoms. The molecule has 0 aliphatic carbocycles. The molecule has 2 unspecified atom stereocenters. The van der Waals surface area contributed by atoms with Crippen molar-refractivity contribution in [1.29, 1.82) is 0 Å². The Balaban J connectivity index is 1.19. The van der Waals surface area contributed by atoms with Crippen LogP contribution in [-0.2, 0) is 20.9 Å². The highest BCUT2D eigenvalue weighted by Crippen LogP contribution is 2.38. The van der Waals surface area contributed by atoms with E-state index in [9.17, 15) is 39.0 Å². The number of amides is 6. The van der Waals surface area contributed by atoms with E-state index >= 15 is 0 Å². The van der Waals surface area contributed by atoms with Crippen LogP contribution in [0.5, 0.6) is 11.5 Å². The number of aromatic nitrogens is 3. The summed E-state index contributed by atoms with van der Waals surface area (Å²) in [6.45, 7) is 7.39. The Kier molecular flexibility index (Phi) is 9.96. The maximum absolute atomic E-state index is 13.3. The van der Waals surface area contributed by atoms with E-state index in [0.717, 1.165) is 0 Å². The summed E-state index contributed by atoms with van der Waals surface area (Å²) in [5, 5.41) is 39.9. The summed E-state index contributed by atoms with van der Waals surface area (Å²) in [4.78, 5) is 78.2. The molecule has 0 bridgehead atoms. The fourth-order valence-electron chi connectivity index (χ4n) is 6.38. The second-order valence-electron chi connectivity index (χ2n) is 13.1. The number of imide groups is 1. The second-order valence-corrected chi connectivity index (χ2v) is 13.1. The van der Waals surface area contributed by atoms with E-state index in [4.69, 9.17) is 0 Å². The lowest BCUT2D eigenvalue weighted by Crippen LogP contribution is -2.52. The van der Waals surface area contributed by atoms with Gasteiger partial charge in [0.05, 0.1) is 5.56 Å². The van der Waals surface area contributed by atoms with Crippen molar-refractivity contribution in [3.05, 3.63) is 82.7 Å². The number of hydrogen-bond donors (Lipinski definition) is 6. The van der Waals surface area contributed by atoms with Gasteiger partial charge in [-0.2, -0.15) is 0 Å². The predicted octanol–water partition coefficient (Wildman–Crippen LogP) is 2.74. The molecule has 2 aliphatic heterocycles. The molecule has 6 amide bonds. The number of hydrogen-bond acceptors (Lipinski definition) is 10. The van der Waals surface area contributed by atoms with Crippen LogP contribution < -0.4 is 21.3 Å². The fraction of sp³-hybridized carbons (Fsp3) is 0.297. The van der Waals surface area contributed by atoms with Gasteiger partial charge in [0.25, 0.3) is 17.7 Å². The SMILES string of the molecule is CCNC(=O)c1nnc(-c2cc(C(C)C)c(O)cc2O)n1-c1ccc(C(=O)NC(C)C(=O)Nc2cccc3c2CN(C2CCC(=O)NC2=O)C3=O)cc1. The average molecular weight is 723 g/mol. The van der Waals surface area contributed by atoms with E-state index in [1.54, 1.807) is 43.3 Å². The Morgan fingerprint density at radius 1 is 0.943 bits per heavy atom. The molecule has 1 saturated heterocycles. The van der Waals surface area contributed by atoms with Crippen LogP contribution in [-0.4, -0.2) is 83.9 Å². The average Bonchev–Trinajstić information content (AvgIpc) is 3.70. The molecule has 53 heavy (non-hydrogen) atoms. The van der Waals surface area contributed by atoms with E-state index < -0.39 is 41.6 Å². The van der Waals surface area contributed by atoms with Crippen LogP contribution in [0.15, 0.2) is 54.6 Å². The van der Waals surface area contributed by atoms with Crippen molar-refractivity contribution in [3.63, 3.8) is 0 Å². The van der Waals surface area contributed by atoms with Crippen molar-refractivity contribution < 1.29 is 39.0 Å². The molecule has 0 spiro atoms. The van der Waals surface area contributed by atoms with Gasteiger partial charge in [-0.1, -0.05) is 19.9 Å². The fourth-order valence-corrected chi connectivity index (χ4v) is 6.38. The highest BCUT2D eigenvalue weighted by molar-refractivity contribution is 6.07. The molecule has 3 heterocycles. The molecule has 0 radical (unpaired) electrons. The number of nitrogens with zero attached hydrogens (tertiary/aromatic N) is 4. The summed E-state index contributed by atoms with van der Waals surface area (Å²) >= 11 is 0. The quantitative estimate of drug-likeness (QED) is 0.131. The van der Waals surface area contributed by atoms with Crippen molar-refractivity contribution >= 4 is 41.1 Å². The van der Waals surface area contributed by atoms with Crippen molar-refractivity contribution in [2.24, 2.45) is 0 Å². The van der Waals surface area contributed by atoms with Gasteiger partial charge in [-0.15, -0.1) is 10.2 Å². The molecule has 16 nitrogen and oxygen atoms in total. The molecule has 3 aromatic carbocycles. The standard InChI is InChI=1S/C37H38N8O8/c1-5-38-36(52)32-43-42-31(24-15-23(18(2)3)28(46)16-29(24)47)45(32)21-11-9-20(10-12-21)34(50)39-19(4)33(49)40-26-8-6-7-22-25(26)17-44(37(22)53)27-13-14-30(48)41-35(27)51/h6-12,15-16,18-19,27,46-47H,5,13-14,17H2,1-4H3,(H,38,52)(H,39,50)(H,40,49)(H,41,48,51). The Morgan fingerprint density at radius 2 is 1.68 bits per heavy atom. The number of carbonyl (C=O) groups is 6. The molecule has 0 saturated carbocycles. The molecule has 274 valence electrons. The maximum atomic E-state index is 13.3. The first kappa shape index (κ1) is 36.2. The topological polar surface area (TPSA) is 225 Å². The normalized spacial score (nSPS) is 15.9. The lowest BCUT2D eigenvalue weighted by molar-refractivity contribution is -0.137. The summed E-state index contributed by atoms with van der Waals surface area (Å²) in [5.74, 6) is -3.36. The van der Waals surface area contributed by atoms with Crippen molar-refractivity contribution in [1.82, 2.24) is 35.6 Å². The van der Waals surface area contributed by atoms with Gasteiger partial charge in [0.1, 0.15) is 23.6 Å². The monoisotopic (exact) mass is 722 g/mol. The van der Waals surface area contributed by atoms with Gasteiger partial charge in [-0.05, 0) is 74.2 Å². The number of aromatic hydroxyl groups is 2. The molecular weight excluding hydrogens is 684 g/mol. The first-order valence-electron chi connectivity index (χ1n) is 17.1. The van der Waals surface area contributed by atoms with Crippen LogP contribution in [0.1, 0.15) is 88.9 Å². The predicted molar refractivity (Wildman–Crippen MR) is 190 cm³/mol. The minimum Gasteiger partial charge on any atom is -0.508 e. The van der Waals surface area contributed by atoms with Crippen LogP contribution >= 0.6 is 0 Å². The zero-order valence-corrected chi connectivity index (χ0v) is 29.4. The van der Waals surface area contributed by atoms with Gasteiger partial charge in [-0.25, -0.2) is 0 Å². The van der Waals surface area contributed by atoms with Crippen LogP contribution in [0.25, 0.3) is 17.1 Å².